The van der Waals surface area contributed by atoms with Gasteiger partial charge >= 0.3 is 0 Å². The molecule has 2 heterocycles. The summed E-state index contributed by atoms with van der Waals surface area (Å²) < 4.78 is 1.62. The van der Waals surface area contributed by atoms with E-state index in [1.807, 2.05) is 31.2 Å². The largest absolute Gasteiger partial charge is 0.269 e. The highest BCUT2D eigenvalue weighted by Gasteiger charge is 2.07. The molecule has 3 rings (SSSR count). The fraction of sp³-hybridized carbons (Fsp3) is 0.0714. The van der Waals surface area contributed by atoms with Gasteiger partial charge in [-0.05, 0) is 24.6 Å². The summed E-state index contributed by atoms with van der Waals surface area (Å²) >= 11 is 0. The number of pyridine rings is 1. The molecule has 2 aromatic heterocycles. The van der Waals surface area contributed by atoms with E-state index in [9.17, 15) is 4.79 Å². The molecule has 0 aliphatic heterocycles. The number of nitrogens with zero attached hydrogens (tertiary/aromatic N) is 3. The van der Waals surface area contributed by atoms with Gasteiger partial charge in [0.05, 0.1) is 5.69 Å². The van der Waals surface area contributed by atoms with Crippen molar-refractivity contribution < 1.29 is 0 Å². The molecule has 3 aromatic rings. The normalized spacial score (nSPS) is 10.7. The van der Waals surface area contributed by atoms with Crippen LogP contribution in [0.5, 0.6) is 0 Å². The lowest BCUT2D eigenvalue weighted by Crippen LogP contribution is -2.19. The second-order valence-corrected chi connectivity index (χ2v) is 4.10. The van der Waals surface area contributed by atoms with Crippen molar-refractivity contribution in [3.05, 3.63) is 64.8 Å². The van der Waals surface area contributed by atoms with E-state index in [0.717, 1.165) is 16.6 Å². The standard InChI is InChI=1S/C14H11N3O/c1-10-4-2-3-5-12(10)17-13(18)7-6-11-8-15-9-16-14(11)17/h2-9H,1H3. The zero-order valence-corrected chi connectivity index (χ0v) is 9.87. The van der Waals surface area contributed by atoms with Gasteiger partial charge in [0.25, 0.3) is 5.56 Å². The van der Waals surface area contributed by atoms with Crippen molar-refractivity contribution in [3.8, 4) is 5.69 Å². The molecular formula is C14H11N3O. The summed E-state index contributed by atoms with van der Waals surface area (Å²) in [6, 6.07) is 11.0. The summed E-state index contributed by atoms with van der Waals surface area (Å²) in [5, 5.41) is 0.848. The minimum atomic E-state index is -0.0875. The molecule has 0 saturated heterocycles. The quantitative estimate of drug-likeness (QED) is 0.651. The Labute approximate surface area is 104 Å². The first-order valence-corrected chi connectivity index (χ1v) is 5.65. The predicted molar refractivity (Wildman–Crippen MR) is 69.9 cm³/mol. The Morgan fingerprint density at radius 1 is 1.11 bits per heavy atom. The Balaban J connectivity index is 2.46. The van der Waals surface area contributed by atoms with Gasteiger partial charge in [0, 0.05) is 17.6 Å². The zero-order valence-electron chi connectivity index (χ0n) is 9.87. The maximum atomic E-state index is 12.1. The van der Waals surface area contributed by atoms with E-state index in [1.165, 1.54) is 12.4 Å². The van der Waals surface area contributed by atoms with Gasteiger partial charge < -0.3 is 0 Å². The van der Waals surface area contributed by atoms with Gasteiger partial charge in [-0.15, -0.1) is 0 Å². The molecular weight excluding hydrogens is 226 g/mol. The first-order chi connectivity index (χ1) is 8.77. The van der Waals surface area contributed by atoms with Crippen LogP contribution in [-0.4, -0.2) is 14.5 Å². The second-order valence-electron chi connectivity index (χ2n) is 4.10. The van der Waals surface area contributed by atoms with Crippen LogP contribution in [0.1, 0.15) is 5.56 Å². The van der Waals surface area contributed by atoms with Crippen molar-refractivity contribution in [2.24, 2.45) is 0 Å². The highest BCUT2D eigenvalue weighted by molar-refractivity contribution is 5.75. The van der Waals surface area contributed by atoms with Gasteiger partial charge in [-0.2, -0.15) is 0 Å². The fourth-order valence-corrected chi connectivity index (χ4v) is 2.03. The van der Waals surface area contributed by atoms with Crippen LogP contribution in [0.2, 0.25) is 0 Å². The third-order valence-corrected chi connectivity index (χ3v) is 2.91. The monoisotopic (exact) mass is 237 g/mol. The van der Waals surface area contributed by atoms with Gasteiger partial charge in [0.2, 0.25) is 0 Å². The molecule has 1 aromatic carbocycles. The van der Waals surface area contributed by atoms with Gasteiger partial charge in [0.1, 0.15) is 6.33 Å². The number of aryl methyl sites for hydroxylation is 1. The molecule has 0 amide bonds. The van der Waals surface area contributed by atoms with E-state index in [1.54, 1.807) is 16.8 Å². The SMILES string of the molecule is Cc1ccccc1-n1c(=O)ccc2cncnc21. The highest BCUT2D eigenvalue weighted by Crippen LogP contribution is 2.16. The molecule has 0 aliphatic rings. The van der Waals surface area contributed by atoms with Crippen molar-refractivity contribution in [1.82, 2.24) is 14.5 Å². The molecule has 0 aliphatic carbocycles. The minimum Gasteiger partial charge on any atom is -0.269 e. The summed E-state index contributed by atoms with van der Waals surface area (Å²) in [7, 11) is 0. The first kappa shape index (κ1) is 10.7. The Kier molecular flexibility index (Phi) is 2.41. The summed E-state index contributed by atoms with van der Waals surface area (Å²) in [6.45, 7) is 1.97. The molecule has 4 heteroatoms. The molecule has 0 spiro atoms. The first-order valence-electron chi connectivity index (χ1n) is 5.65. The van der Waals surface area contributed by atoms with Crippen LogP contribution in [0, 0.1) is 6.92 Å². The third kappa shape index (κ3) is 1.59. The maximum absolute atomic E-state index is 12.1. The number of hydrogen-bond donors (Lipinski definition) is 0. The molecule has 88 valence electrons. The van der Waals surface area contributed by atoms with Gasteiger partial charge in [-0.25, -0.2) is 9.97 Å². The molecule has 0 radical (unpaired) electrons. The number of hydrogen-bond acceptors (Lipinski definition) is 3. The van der Waals surface area contributed by atoms with E-state index in [-0.39, 0.29) is 5.56 Å². The van der Waals surface area contributed by atoms with Crippen molar-refractivity contribution in [1.29, 1.82) is 0 Å². The van der Waals surface area contributed by atoms with Crippen molar-refractivity contribution >= 4 is 11.0 Å². The van der Waals surface area contributed by atoms with E-state index in [4.69, 9.17) is 0 Å². The van der Waals surface area contributed by atoms with E-state index in [2.05, 4.69) is 9.97 Å². The lowest BCUT2D eigenvalue weighted by atomic mass is 10.2. The molecule has 0 saturated carbocycles. The highest BCUT2D eigenvalue weighted by atomic mass is 16.1. The number of benzene rings is 1. The molecule has 0 bridgehead atoms. The molecule has 0 fully saturated rings. The average Bonchev–Trinajstić information content (AvgIpc) is 2.40. The molecule has 0 unspecified atom stereocenters. The lowest BCUT2D eigenvalue weighted by molar-refractivity contribution is 0.992. The number of para-hydroxylation sites is 1. The van der Waals surface area contributed by atoms with Crippen LogP contribution in [-0.2, 0) is 0 Å². The van der Waals surface area contributed by atoms with Gasteiger partial charge in [-0.1, -0.05) is 18.2 Å². The van der Waals surface area contributed by atoms with Crippen molar-refractivity contribution in [2.75, 3.05) is 0 Å². The van der Waals surface area contributed by atoms with E-state index >= 15 is 0 Å². The predicted octanol–water partition coefficient (Wildman–Crippen LogP) is 2.09. The van der Waals surface area contributed by atoms with Crippen LogP contribution in [0.3, 0.4) is 0 Å². The number of aromatic nitrogens is 3. The second kappa shape index (κ2) is 4.07. The molecule has 0 N–H and O–H groups in total. The van der Waals surface area contributed by atoms with Gasteiger partial charge in [0.15, 0.2) is 5.65 Å². The number of fused-ring (bicyclic) bond motifs is 1. The van der Waals surface area contributed by atoms with Crippen LogP contribution < -0.4 is 5.56 Å². The van der Waals surface area contributed by atoms with E-state index in [0.29, 0.717) is 5.65 Å². The summed E-state index contributed by atoms with van der Waals surface area (Å²) in [4.78, 5) is 20.3. The summed E-state index contributed by atoms with van der Waals surface area (Å²) in [5.41, 5.74) is 2.43. The Hall–Kier alpha value is -2.49. The summed E-state index contributed by atoms with van der Waals surface area (Å²) in [6.07, 6.45) is 3.16. The Bertz CT molecular complexity index is 777. The lowest BCUT2D eigenvalue weighted by Gasteiger charge is -2.10. The van der Waals surface area contributed by atoms with Crippen molar-refractivity contribution in [3.63, 3.8) is 0 Å². The fourth-order valence-electron chi connectivity index (χ4n) is 2.03. The molecule has 18 heavy (non-hydrogen) atoms. The third-order valence-electron chi connectivity index (χ3n) is 2.91. The van der Waals surface area contributed by atoms with Crippen molar-refractivity contribution in [2.45, 2.75) is 6.92 Å². The van der Waals surface area contributed by atoms with Crippen LogP contribution in [0.15, 0.2) is 53.7 Å². The maximum Gasteiger partial charge on any atom is 0.256 e. The average molecular weight is 237 g/mol. The summed E-state index contributed by atoms with van der Waals surface area (Å²) in [5.74, 6) is 0. The molecule has 4 nitrogen and oxygen atoms in total. The van der Waals surface area contributed by atoms with Crippen LogP contribution in [0.4, 0.5) is 0 Å². The Morgan fingerprint density at radius 3 is 2.78 bits per heavy atom. The molecule has 0 atom stereocenters. The van der Waals surface area contributed by atoms with Gasteiger partial charge in [-0.3, -0.25) is 9.36 Å². The number of rotatable bonds is 1. The topological polar surface area (TPSA) is 47.8 Å². The minimum absolute atomic E-state index is 0.0875. The van der Waals surface area contributed by atoms with Crippen LogP contribution >= 0.6 is 0 Å². The zero-order chi connectivity index (χ0) is 12.5. The smallest absolute Gasteiger partial charge is 0.256 e. The Morgan fingerprint density at radius 2 is 1.94 bits per heavy atom. The van der Waals surface area contributed by atoms with E-state index < -0.39 is 0 Å². The van der Waals surface area contributed by atoms with Crippen LogP contribution in [0.25, 0.3) is 16.7 Å².